The Labute approximate surface area is 170 Å². The third kappa shape index (κ3) is 4.63. The number of nitrogens with one attached hydrogen (secondary N) is 1. The minimum atomic E-state index is -1.29. The molecule has 2 atom stereocenters. The molecule has 0 radical (unpaired) electrons. The molecule has 3 rings (SSSR count). The van der Waals surface area contributed by atoms with E-state index in [1.54, 1.807) is 6.07 Å². The van der Waals surface area contributed by atoms with Crippen LogP contribution < -0.4 is 10.5 Å². The summed E-state index contributed by atoms with van der Waals surface area (Å²) >= 11 is 0. The lowest BCUT2D eigenvalue weighted by Gasteiger charge is -2.38. The molecule has 0 aliphatic heterocycles. The maximum Gasteiger partial charge on any atom is 0.0991 e. The van der Waals surface area contributed by atoms with E-state index in [1.807, 2.05) is 63.2 Å². The molecule has 3 N–H and O–H groups in total. The topological polar surface area (TPSA) is 78.9 Å². The molecule has 1 saturated carbocycles. The van der Waals surface area contributed by atoms with Gasteiger partial charge in [0.25, 0.3) is 0 Å². The molecule has 0 spiro atoms. The lowest BCUT2D eigenvalue weighted by Crippen LogP contribution is -2.49. The molecule has 0 heterocycles. The number of nitrogens with zero attached hydrogens (tertiary/aromatic N) is 1. The van der Waals surface area contributed by atoms with Crippen molar-refractivity contribution in [3.63, 3.8) is 0 Å². The van der Waals surface area contributed by atoms with Gasteiger partial charge in [0.1, 0.15) is 0 Å². The first-order chi connectivity index (χ1) is 13.2. The van der Waals surface area contributed by atoms with Crippen LogP contribution in [0.2, 0.25) is 0 Å². The van der Waals surface area contributed by atoms with E-state index in [0.29, 0.717) is 11.3 Å². The van der Waals surface area contributed by atoms with Gasteiger partial charge in [-0.05, 0) is 74.9 Å². The molecule has 1 aliphatic rings. The molecule has 148 valence electrons. The van der Waals surface area contributed by atoms with Crippen LogP contribution in [0, 0.1) is 17.2 Å². The Morgan fingerprint density at radius 3 is 2.36 bits per heavy atom. The highest BCUT2D eigenvalue weighted by atomic mass is 32.2. The van der Waals surface area contributed by atoms with Gasteiger partial charge in [-0.15, -0.1) is 0 Å². The van der Waals surface area contributed by atoms with Crippen molar-refractivity contribution in [1.29, 1.82) is 5.26 Å². The summed E-state index contributed by atoms with van der Waals surface area (Å²) in [5.41, 5.74) is 8.67. The summed E-state index contributed by atoms with van der Waals surface area (Å²) in [4.78, 5) is 0. The van der Waals surface area contributed by atoms with E-state index in [-0.39, 0.29) is 0 Å². The minimum Gasteiger partial charge on any atom is -0.399 e. The molecule has 2 unspecified atom stereocenters. The molecular formula is C23H29N3OS. The predicted molar refractivity (Wildman–Crippen MR) is 116 cm³/mol. The summed E-state index contributed by atoms with van der Waals surface area (Å²) < 4.78 is 16.3. The van der Waals surface area contributed by atoms with Gasteiger partial charge in [-0.2, -0.15) is 5.26 Å². The van der Waals surface area contributed by atoms with Crippen LogP contribution in [0.15, 0.2) is 48.5 Å². The van der Waals surface area contributed by atoms with Crippen LogP contribution in [0.25, 0.3) is 0 Å². The quantitative estimate of drug-likeness (QED) is 0.671. The average Bonchev–Trinajstić information content (AvgIpc) is 3.48. The molecule has 2 aromatic rings. The summed E-state index contributed by atoms with van der Waals surface area (Å²) in [6, 6.07) is 17.6. The van der Waals surface area contributed by atoms with E-state index >= 15 is 0 Å². The second-order valence-corrected chi connectivity index (χ2v) is 10.7. The highest BCUT2D eigenvalue weighted by Crippen LogP contribution is 2.42. The van der Waals surface area contributed by atoms with Crippen LogP contribution >= 0.6 is 0 Å². The van der Waals surface area contributed by atoms with Gasteiger partial charge >= 0.3 is 0 Å². The predicted octanol–water partition coefficient (Wildman–Crippen LogP) is 4.63. The SMILES string of the molecule is CC(C)(C)S(=O)NC(CCC1CC1)(c1cccc(N)c1)c1cccc(C#N)c1. The van der Waals surface area contributed by atoms with Crippen LogP contribution in [0.3, 0.4) is 0 Å². The van der Waals surface area contributed by atoms with Crippen molar-refractivity contribution >= 4 is 16.7 Å². The van der Waals surface area contributed by atoms with Crippen molar-refractivity contribution in [3.8, 4) is 6.07 Å². The second-order valence-electron chi connectivity index (χ2n) is 8.69. The fraction of sp³-hybridized carbons (Fsp3) is 0.435. The summed E-state index contributed by atoms with van der Waals surface area (Å²) in [6.45, 7) is 5.90. The summed E-state index contributed by atoms with van der Waals surface area (Å²) in [6.07, 6.45) is 4.36. The minimum absolute atomic E-state index is 0.419. The van der Waals surface area contributed by atoms with Gasteiger partial charge in [-0.1, -0.05) is 37.1 Å². The van der Waals surface area contributed by atoms with Gasteiger partial charge in [0.05, 0.1) is 32.9 Å². The molecule has 2 aromatic carbocycles. The third-order valence-corrected chi connectivity index (χ3v) is 6.96. The fourth-order valence-electron chi connectivity index (χ4n) is 3.42. The number of nitrogen functional groups attached to an aromatic ring is 1. The smallest absolute Gasteiger partial charge is 0.0991 e. The first-order valence-corrected chi connectivity index (χ1v) is 11.0. The average molecular weight is 396 g/mol. The highest BCUT2D eigenvalue weighted by molar-refractivity contribution is 7.84. The first kappa shape index (κ1) is 20.6. The molecule has 0 aromatic heterocycles. The fourth-order valence-corrected chi connectivity index (χ4v) is 4.38. The third-order valence-electron chi connectivity index (χ3n) is 5.31. The van der Waals surface area contributed by atoms with E-state index in [2.05, 4.69) is 10.8 Å². The van der Waals surface area contributed by atoms with Crippen molar-refractivity contribution in [2.24, 2.45) is 5.92 Å². The van der Waals surface area contributed by atoms with Crippen LogP contribution in [-0.4, -0.2) is 8.96 Å². The molecule has 0 bridgehead atoms. The second kappa shape index (κ2) is 8.06. The Kier molecular flexibility index (Phi) is 5.92. The van der Waals surface area contributed by atoms with E-state index in [9.17, 15) is 9.47 Å². The van der Waals surface area contributed by atoms with Crippen molar-refractivity contribution in [1.82, 2.24) is 4.72 Å². The van der Waals surface area contributed by atoms with Gasteiger partial charge < -0.3 is 5.73 Å². The van der Waals surface area contributed by atoms with E-state index in [1.165, 1.54) is 12.8 Å². The zero-order chi connectivity index (χ0) is 20.4. The molecule has 4 nitrogen and oxygen atoms in total. The highest BCUT2D eigenvalue weighted by Gasteiger charge is 2.40. The van der Waals surface area contributed by atoms with E-state index in [4.69, 9.17) is 5.73 Å². The van der Waals surface area contributed by atoms with Crippen LogP contribution in [-0.2, 0) is 16.5 Å². The molecule has 28 heavy (non-hydrogen) atoms. The van der Waals surface area contributed by atoms with Gasteiger partial charge in [0.15, 0.2) is 0 Å². The lowest BCUT2D eigenvalue weighted by atomic mass is 9.79. The molecule has 1 aliphatic carbocycles. The number of rotatable bonds is 7. The zero-order valence-corrected chi connectivity index (χ0v) is 17.7. The largest absolute Gasteiger partial charge is 0.399 e. The lowest BCUT2D eigenvalue weighted by molar-refractivity contribution is 0.416. The maximum absolute atomic E-state index is 13.2. The Morgan fingerprint density at radius 1 is 1.14 bits per heavy atom. The van der Waals surface area contributed by atoms with E-state index in [0.717, 1.165) is 29.9 Å². The normalized spacial score (nSPS) is 17.5. The number of anilines is 1. The maximum atomic E-state index is 13.2. The van der Waals surface area contributed by atoms with E-state index < -0.39 is 21.3 Å². The number of benzene rings is 2. The molecule has 0 amide bonds. The molecule has 5 heteroatoms. The van der Waals surface area contributed by atoms with Crippen LogP contribution in [0.5, 0.6) is 0 Å². The summed E-state index contributed by atoms with van der Waals surface area (Å²) in [7, 11) is -1.29. The van der Waals surface area contributed by atoms with Crippen molar-refractivity contribution < 1.29 is 4.21 Å². The Morgan fingerprint density at radius 2 is 1.79 bits per heavy atom. The monoisotopic (exact) mass is 395 g/mol. The van der Waals surface area contributed by atoms with Crippen LogP contribution in [0.1, 0.15) is 63.1 Å². The van der Waals surface area contributed by atoms with Gasteiger partial charge in [0, 0.05) is 5.69 Å². The standard InChI is InChI=1S/C23H29N3OS/c1-22(2,3)28(27)26-23(13-12-17-10-11-17,20-8-5-9-21(25)15-20)19-7-4-6-18(14-19)16-24/h4-9,14-15,17,26H,10-13,25H2,1-3H3. The van der Waals surface area contributed by atoms with Crippen molar-refractivity contribution in [2.75, 3.05) is 5.73 Å². The van der Waals surface area contributed by atoms with Gasteiger partial charge in [0.2, 0.25) is 0 Å². The number of hydrogen-bond acceptors (Lipinski definition) is 3. The Balaban J connectivity index is 2.17. The number of hydrogen-bond donors (Lipinski definition) is 2. The summed E-state index contributed by atoms with van der Waals surface area (Å²) in [5, 5.41) is 9.43. The zero-order valence-electron chi connectivity index (χ0n) is 16.9. The molecule has 0 saturated heterocycles. The van der Waals surface area contributed by atoms with Crippen molar-refractivity contribution in [3.05, 3.63) is 65.2 Å². The Bertz CT molecular complexity index is 909. The van der Waals surface area contributed by atoms with Crippen molar-refractivity contribution in [2.45, 2.75) is 56.7 Å². The summed E-state index contributed by atoms with van der Waals surface area (Å²) in [5.74, 6) is 0.726. The van der Waals surface area contributed by atoms with Gasteiger partial charge in [-0.25, -0.2) is 8.93 Å². The first-order valence-electron chi connectivity index (χ1n) is 9.81. The van der Waals surface area contributed by atoms with Crippen LogP contribution in [0.4, 0.5) is 5.69 Å². The van der Waals surface area contributed by atoms with Gasteiger partial charge in [-0.3, -0.25) is 0 Å². The number of nitrogens with two attached hydrogens (primary N) is 1. The Hall–Kier alpha value is -2.16. The number of nitriles is 1. The molecular weight excluding hydrogens is 366 g/mol. The molecule has 1 fully saturated rings.